The molecule has 0 bridgehead atoms. The monoisotopic (exact) mass is 657 g/mol. The molecule has 1 fully saturated rings. The Labute approximate surface area is 258 Å². The van der Waals surface area contributed by atoms with Gasteiger partial charge in [0.1, 0.15) is 35.8 Å². The fourth-order valence-electron chi connectivity index (χ4n) is 4.90. The Bertz CT molecular complexity index is 1530. The highest BCUT2D eigenvalue weighted by atomic mass is 79.9. The third-order valence-corrected chi connectivity index (χ3v) is 8.12. The van der Waals surface area contributed by atoms with Crippen LogP contribution in [0.5, 0.6) is 5.75 Å². The van der Waals surface area contributed by atoms with Crippen molar-refractivity contribution in [2.75, 3.05) is 31.3 Å². The molecule has 3 amide bonds. The molecule has 0 aliphatic carbocycles. The number of amides is 3. The van der Waals surface area contributed by atoms with E-state index in [9.17, 15) is 18.8 Å². The average molecular weight is 659 g/mol. The molecule has 1 aliphatic heterocycles. The summed E-state index contributed by atoms with van der Waals surface area (Å²) in [4.78, 5) is 50.4. The van der Waals surface area contributed by atoms with Gasteiger partial charge in [-0.15, -0.1) is 0 Å². The molecule has 43 heavy (non-hydrogen) atoms. The molecular weight excluding hydrogens is 621 g/mol. The van der Waals surface area contributed by atoms with Gasteiger partial charge in [-0.1, -0.05) is 20.8 Å². The molecule has 0 spiro atoms. The van der Waals surface area contributed by atoms with Gasteiger partial charge in [0.2, 0.25) is 17.7 Å². The minimum atomic E-state index is -0.823. The number of aromatic nitrogens is 2. The smallest absolute Gasteiger partial charge is 0.247 e. The highest BCUT2D eigenvalue weighted by molar-refractivity contribution is 9.10. The van der Waals surface area contributed by atoms with Crippen molar-refractivity contribution < 1.29 is 23.5 Å². The molecule has 11 nitrogen and oxygen atoms in total. The maximum absolute atomic E-state index is 13.8. The van der Waals surface area contributed by atoms with Gasteiger partial charge in [0.15, 0.2) is 0 Å². The van der Waals surface area contributed by atoms with Gasteiger partial charge >= 0.3 is 0 Å². The van der Waals surface area contributed by atoms with Crippen LogP contribution >= 0.6 is 15.9 Å². The van der Waals surface area contributed by atoms with E-state index >= 15 is 0 Å². The first-order valence-electron chi connectivity index (χ1n) is 14.0. The van der Waals surface area contributed by atoms with E-state index in [1.165, 1.54) is 25.6 Å². The molecule has 1 unspecified atom stereocenters. The number of ether oxygens (including phenoxy) is 1. The topological polar surface area (TPSA) is 138 Å². The summed E-state index contributed by atoms with van der Waals surface area (Å²) in [5.74, 6) is -0.548. The number of likely N-dealkylation sites (tertiary alicyclic amines) is 1. The Morgan fingerprint density at radius 3 is 2.53 bits per heavy atom. The number of nitrogens with zero attached hydrogens (tertiary/aromatic N) is 3. The molecule has 4 N–H and O–H groups in total. The van der Waals surface area contributed by atoms with Gasteiger partial charge in [-0.2, -0.15) is 0 Å². The summed E-state index contributed by atoms with van der Waals surface area (Å²) in [6.07, 6.45) is 2.51. The van der Waals surface area contributed by atoms with Gasteiger partial charge < -0.3 is 30.9 Å². The van der Waals surface area contributed by atoms with Crippen molar-refractivity contribution in [1.82, 2.24) is 25.5 Å². The number of benzene rings is 2. The van der Waals surface area contributed by atoms with E-state index in [1.54, 1.807) is 37.1 Å². The molecule has 2 heterocycles. The Balaban J connectivity index is 1.61. The number of carbonyl (C=O) groups excluding carboxylic acids is 3. The molecule has 3 atom stereocenters. The normalized spacial score (nSPS) is 16.5. The first-order chi connectivity index (χ1) is 20.3. The lowest BCUT2D eigenvalue weighted by molar-refractivity contribution is -0.143. The third-order valence-electron chi connectivity index (χ3n) is 7.46. The lowest BCUT2D eigenvalue weighted by Crippen LogP contribution is -2.59. The summed E-state index contributed by atoms with van der Waals surface area (Å²) in [6, 6.07) is 5.59. The van der Waals surface area contributed by atoms with E-state index in [-0.39, 0.29) is 23.5 Å². The summed E-state index contributed by atoms with van der Waals surface area (Å²) in [7, 11) is 3.16. The van der Waals surface area contributed by atoms with Crippen LogP contribution in [0.1, 0.15) is 40.5 Å². The van der Waals surface area contributed by atoms with Crippen molar-refractivity contribution in [1.29, 1.82) is 0 Å². The largest absolute Gasteiger partial charge is 0.494 e. The van der Waals surface area contributed by atoms with Crippen LogP contribution in [0.25, 0.3) is 10.9 Å². The molecule has 13 heteroatoms. The molecule has 230 valence electrons. The Morgan fingerprint density at radius 1 is 1.14 bits per heavy atom. The number of likely N-dealkylation sites (N-methyl/N-ethyl adjacent to an activating group) is 1. The lowest BCUT2D eigenvalue weighted by Gasteiger charge is -2.36. The third kappa shape index (κ3) is 7.21. The Kier molecular flexibility index (Phi) is 9.86. The van der Waals surface area contributed by atoms with Crippen molar-refractivity contribution >= 4 is 61.7 Å². The fraction of sp³-hybridized carbons (Fsp3) is 0.433. The number of anilines is 3. The van der Waals surface area contributed by atoms with E-state index in [0.29, 0.717) is 57.7 Å². The van der Waals surface area contributed by atoms with Gasteiger partial charge in [-0.3, -0.25) is 14.4 Å². The highest BCUT2D eigenvalue weighted by Gasteiger charge is 2.42. The van der Waals surface area contributed by atoms with Crippen LogP contribution < -0.4 is 26.0 Å². The van der Waals surface area contributed by atoms with Crippen molar-refractivity contribution in [3.63, 3.8) is 0 Å². The number of methoxy groups -OCH3 is 1. The van der Waals surface area contributed by atoms with Crippen LogP contribution in [0.15, 0.2) is 41.1 Å². The molecule has 4 rings (SSSR count). The zero-order chi connectivity index (χ0) is 31.5. The van der Waals surface area contributed by atoms with Crippen LogP contribution in [0.3, 0.4) is 0 Å². The number of nitrogens with one attached hydrogen (secondary N) is 4. The summed E-state index contributed by atoms with van der Waals surface area (Å²) < 4.78 is 19.7. The predicted octanol–water partition coefficient (Wildman–Crippen LogP) is 4.35. The van der Waals surface area contributed by atoms with Crippen LogP contribution in [0.4, 0.5) is 21.6 Å². The van der Waals surface area contributed by atoms with E-state index in [4.69, 9.17) is 4.74 Å². The predicted molar refractivity (Wildman–Crippen MR) is 167 cm³/mol. The standard InChI is InChI=1S/C30H37BrFN7O4/c1-16(33-5)27(40)38-25(30(2,3)4)29(42)39-11-7-8-23(39)28(41)37-22-13-18-21(14-24(22)43-6)34-15-35-26(18)36-20-10-9-17(32)12-19(20)31/h9-10,12-16,23,25,33H,7-8,11H2,1-6H3,(H,37,41)(H,38,40)(H,34,35,36)/t16-,23?,25+/m0/s1. The molecule has 3 aromatic rings. The van der Waals surface area contributed by atoms with Gasteiger partial charge in [-0.05, 0) is 72.4 Å². The minimum Gasteiger partial charge on any atom is -0.494 e. The SMILES string of the molecule is CN[C@@H](C)C(=O)N[C@H](C(=O)N1CCCC1C(=O)Nc1cc2c(Nc3ccc(F)cc3Br)ncnc2cc1OC)C(C)(C)C. The minimum absolute atomic E-state index is 0.295. The first-order valence-corrected chi connectivity index (χ1v) is 14.8. The average Bonchev–Trinajstić information content (AvgIpc) is 3.46. The Hall–Kier alpha value is -3.84. The van der Waals surface area contributed by atoms with Crippen molar-refractivity contribution in [2.24, 2.45) is 5.41 Å². The molecule has 1 saturated heterocycles. The second-order valence-corrected chi connectivity index (χ2v) is 12.4. The fourth-order valence-corrected chi connectivity index (χ4v) is 5.35. The number of rotatable bonds is 9. The van der Waals surface area contributed by atoms with Gasteiger partial charge in [0, 0.05) is 22.5 Å². The first kappa shape index (κ1) is 32.1. The van der Waals surface area contributed by atoms with Crippen LogP contribution in [0.2, 0.25) is 0 Å². The summed E-state index contributed by atoms with van der Waals surface area (Å²) >= 11 is 3.36. The second kappa shape index (κ2) is 13.2. The highest BCUT2D eigenvalue weighted by Crippen LogP contribution is 2.35. The molecule has 0 saturated carbocycles. The van der Waals surface area contributed by atoms with E-state index < -0.39 is 23.5 Å². The number of hydrogen-bond donors (Lipinski definition) is 4. The van der Waals surface area contributed by atoms with Crippen LogP contribution in [0, 0.1) is 11.2 Å². The van der Waals surface area contributed by atoms with E-state index in [1.807, 2.05) is 20.8 Å². The number of halogens is 2. The summed E-state index contributed by atoms with van der Waals surface area (Å²) in [5, 5.41) is 12.5. The van der Waals surface area contributed by atoms with Crippen molar-refractivity contribution in [3.05, 3.63) is 46.9 Å². The zero-order valence-corrected chi connectivity index (χ0v) is 26.6. The van der Waals surface area contributed by atoms with Gasteiger partial charge in [0.25, 0.3) is 0 Å². The molecule has 0 radical (unpaired) electrons. The Morgan fingerprint density at radius 2 is 1.88 bits per heavy atom. The number of hydrogen-bond acceptors (Lipinski definition) is 8. The maximum Gasteiger partial charge on any atom is 0.247 e. The van der Waals surface area contributed by atoms with Gasteiger partial charge in [0.05, 0.1) is 30.0 Å². The van der Waals surface area contributed by atoms with Crippen LogP contribution in [-0.4, -0.2) is 71.4 Å². The summed E-state index contributed by atoms with van der Waals surface area (Å²) in [6.45, 7) is 7.74. The summed E-state index contributed by atoms with van der Waals surface area (Å²) in [5.41, 5.74) is 0.933. The lowest BCUT2D eigenvalue weighted by atomic mass is 9.85. The maximum atomic E-state index is 13.8. The number of fused-ring (bicyclic) bond motifs is 1. The molecule has 1 aliphatic rings. The van der Waals surface area contributed by atoms with Crippen molar-refractivity contribution in [3.8, 4) is 5.75 Å². The van der Waals surface area contributed by atoms with E-state index in [0.717, 1.165) is 0 Å². The van der Waals surface area contributed by atoms with Crippen molar-refractivity contribution in [2.45, 2.75) is 58.7 Å². The van der Waals surface area contributed by atoms with Crippen LogP contribution in [-0.2, 0) is 14.4 Å². The molecule has 1 aromatic heterocycles. The van der Waals surface area contributed by atoms with E-state index in [2.05, 4.69) is 47.2 Å². The zero-order valence-electron chi connectivity index (χ0n) is 25.0. The van der Waals surface area contributed by atoms with Gasteiger partial charge in [-0.25, -0.2) is 14.4 Å². The second-order valence-electron chi connectivity index (χ2n) is 11.5. The number of carbonyl (C=O) groups is 3. The quantitative estimate of drug-likeness (QED) is 0.267. The molecular formula is C30H37BrFN7O4. The molecule has 2 aromatic carbocycles.